The van der Waals surface area contributed by atoms with Gasteiger partial charge in [0.1, 0.15) is 34.0 Å². The van der Waals surface area contributed by atoms with Gasteiger partial charge < -0.3 is 24.1 Å². The van der Waals surface area contributed by atoms with Crippen molar-refractivity contribution in [1.82, 2.24) is 0 Å². The maximum absolute atomic E-state index is 13.0. The van der Waals surface area contributed by atoms with Crippen molar-refractivity contribution in [3.05, 3.63) is 88.1 Å². The topological polar surface area (TPSA) is 123 Å². The Kier molecular flexibility index (Phi) is 5.25. The minimum absolute atomic E-state index is 0.0367. The monoisotopic (exact) mass is 458 g/mol. The van der Waals surface area contributed by atoms with Crippen LogP contribution in [0.5, 0.6) is 17.2 Å². The van der Waals surface area contributed by atoms with Crippen molar-refractivity contribution in [2.24, 2.45) is 0 Å². The van der Waals surface area contributed by atoms with Gasteiger partial charge in [0.2, 0.25) is 0 Å². The van der Waals surface area contributed by atoms with Gasteiger partial charge in [0, 0.05) is 34.7 Å². The van der Waals surface area contributed by atoms with Crippen molar-refractivity contribution >= 4 is 22.9 Å². The molecule has 1 aliphatic rings. The molecule has 170 valence electrons. The van der Waals surface area contributed by atoms with Crippen LogP contribution in [0.4, 0.5) is 0 Å². The molecule has 1 aliphatic heterocycles. The second kappa shape index (κ2) is 8.40. The summed E-state index contributed by atoms with van der Waals surface area (Å²) >= 11 is 0. The zero-order valence-electron chi connectivity index (χ0n) is 17.7. The van der Waals surface area contributed by atoms with Gasteiger partial charge in [-0.2, -0.15) is 0 Å². The van der Waals surface area contributed by atoms with Gasteiger partial charge in [-0.3, -0.25) is 9.59 Å². The molecule has 2 N–H and O–H groups in total. The lowest BCUT2D eigenvalue weighted by Crippen LogP contribution is -2.22. The highest BCUT2D eigenvalue weighted by Crippen LogP contribution is 2.47. The quantitative estimate of drug-likeness (QED) is 0.339. The van der Waals surface area contributed by atoms with Crippen LogP contribution in [0.25, 0.3) is 22.3 Å². The van der Waals surface area contributed by atoms with Crippen molar-refractivity contribution in [1.29, 1.82) is 0 Å². The van der Waals surface area contributed by atoms with E-state index >= 15 is 0 Å². The van der Waals surface area contributed by atoms with E-state index in [2.05, 4.69) is 0 Å². The van der Waals surface area contributed by atoms with Crippen molar-refractivity contribution in [2.45, 2.75) is 12.3 Å². The Morgan fingerprint density at radius 1 is 1.03 bits per heavy atom. The number of hydrogen-bond acceptors (Lipinski definition) is 7. The number of carbonyl (C=O) groups excluding carboxylic acids is 1. The smallest absolute Gasteiger partial charge is 0.341 e. The summed E-state index contributed by atoms with van der Waals surface area (Å²) in [6.07, 6.45) is -0.0976. The molecule has 8 heteroatoms. The van der Waals surface area contributed by atoms with Crippen molar-refractivity contribution < 1.29 is 33.7 Å². The summed E-state index contributed by atoms with van der Waals surface area (Å²) < 4.78 is 17.0. The van der Waals surface area contributed by atoms with E-state index in [-0.39, 0.29) is 40.4 Å². The molecule has 0 amide bonds. The minimum atomic E-state index is -1.15. The summed E-state index contributed by atoms with van der Waals surface area (Å²) in [5.41, 5.74) is 1.22. The Hall–Kier alpha value is -4.59. The van der Waals surface area contributed by atoms with Crippen molar-refractivity contribution in [3.8, 4) is 28.6 Å². The number of benzene rings is 3. The molecule has 5 rings (SSSR count). The maximum Gasteiger partial charge on any atom is 0.341 e. The van der Waals surface area contributed by atoms with Crippen LogP contribution in [-0.4, -0.2) is 28.8 Å². The summed E-state index contributed by atoms with van der Waals surface area (Å²) in [5, 5.41) is 19.6. The van der Waals surface area contributed by atoms with Crippen LogP contribution in [0.1, 0.15) is 23.5 Å². The summed E-state index contributed by atoms with van der Waals surface area (Å²) in [6, 6.07) is 18.3. The molecule has 8 nitrogen and oxygen atoms in total. The van der Waals surface area contributed by atoms with Gasteiger partial charge in [-0.05, 0) is 6.07 Å². The standard InChI is InChI=1S/C26H18O8/c27-17-11-20(14-6-2-1-3-7-14)34-26-24-16(10-23(31)33-21(24)12-18(28)25(17)26)15-8-4-5-9-19(15)32-13-22(29)30/h1-9,11-12,16,28H,10,13H2,(H,29,30)/t16-/m0/s1. The van der Waals surface area contributed by atoms with Crippen LogP contribution >= 0.6 is 0 Å². The van der Waals surface area contributed by atoms with E-state index in [0.717, 1.165) is 0 Å². The third kappa shape index (κ3) is 3.75. The second-order valence-electron chi connectivity index (χ2n) is 7.80. The van der Waals surface area contributed by atoms with Crippen LogP contribution in [0, 0.1) is 0 Å². The number of carboxylic acids is 1. The first-order chi connectivity index (χ1) is 16.4. The average molecular weight is 458 g/mol. The van der Waals surface area contributed by atoms with E-state index in [1.807, 2.05) is 6.07 Å². The Morgan fingerprint density at radius 2 is 1.76 bits per heavy atom. The fraction of sp³-hybridized carbons (Fsp3) is 0.115. The summed E-state index contributed by atoms with van der Waals surface area (Å²) in [4.78, 5) is 36.5. The highest BCUT2D eigenvalue weighted by atomic mass is 16.5. The number of para-hydroxylation sites is 1. The third-order valence-electron chi connectivity index (χ3n) is 5.63. The molecule has 1 atom stereocenters. The first-order valence-electron chi connectivity index (χ1n) is 10.5. The van der Waals surface area contributed by atoms with E-state index in [1.54, 1.807) is 48.5 Å². The molecule has 34 heavy (non-hydrogen) atoms. The van der Waals surface area contributed by atoms with Crippen LogP contribution in [-0.2, 0) is 9.59 Å². The molecule has 2 heterocycles. The third-order valence-corrected chi connectivity index (χ3v) is 5.63. The zero-order valence-corrected chi connectivity index (χ0v) is 17.7. The Bertz CT molecular complexity index is 1490. The largest absolute Gasteiger partial charge is 0.507 e. The molecule has 0 fully saturated rings. The van der Waals surface area contributed by atoms with Gasteiger partial charge in [-0.15, -0.1) is 0 Å². The Labute approximate surface area is 192 Å². The number of carbonyl (C=O) groups is 2. The predicted molar refractivity (Wildman–Crippen MR) is 121 cm³/mol. The lowest BCUT2D eigenvalue weighted by Gasteiger charge is -2.27. The fourth-order valence-electron chi connectivity index (χ4n) is 4.21. The van der Waals surface area contributed by atoms with E-state index in [0.29, 0.717) is 16.7 Å². The normalized spacial score (nSPS) is 14.9. The average Bonchev–Trinajstić information content (AvgIpc) is 2.82. The van der Waals surface area contributed by atoms with Gasteiger partial charge in [0.15, 0.2) is 12.0 Å². The van der Waals surface area contributed by atoms with Crippen LogP contribution in [0.3, 0.4) is 0 Å². The number of esters is 1. The van der Waals surface area contributed by atoms with E-state index in [1.165, 1.54) is 12.1 Å². The molecule has 1 aromatic heterocycles. The van der Waals surface area contributed by atoms with Gasteiger partial charge >= 0.3 is 11.9 Å². The molecule has 0 bridgehead atoms. The van der Waals surface area contributed by atoms with Crippen molar-refractivity contribution in [3.63, 3.8) is 0 Å². The van der Waals surface area contributed by atoms with Gasteiger partial charge in [-0.25, -0.2) is 4.79 Å². The molecule has 0 spiro atoms. The number of aliphatic carboxylic acids is 1. The van der Waals surface area contributed by atoms with Crippen LogP contribution < -0.4 is 14.9 Å². The number of phenolic OH excluding ortho intramolecular Hbond substituents is 1. The molecule has 3 aromatic carbocycles. The van der Waals surface area contributed by atoms with E-state index < -0.39 is 29.9 Å². The molecular weight excluding hydrogens is 440 g/mol. The molecule has 4 aromatic rings. The fourth-order valence-corrected chi connectivity index (χ4v) is 4.21. The summed E-state index contributed by atoms with van der Waals surface area (Å²) in [7, 11) is 0. The SMILES string of the molecule is O=C(O)COc1ccccc1[C@@H]1CC(=O)Oc2cc(O)c3c(=O)cc(-c4ccccc4)oc3c21. The van der Waals surface area contributed by atoms with Crippen LogP contribution in [0.15, 0.2) is 75.9 Å². The minimum Gasteiger partial charge on any atom is -0.507 e. The van der Waals surface area contributed by atoms with Crippen LogP contribution in [0.2, 0.25) is 0 Å². The Balaban J connectivity index is 1.77. The maximum atomic E-state index is 13.0. The van der Waals surface area contributed by atoms with Crippen molar-refractivity contribution in [2.75, 3.05) is 6.61 Å². The first kappa shape index (κ1) is 21.3. The van der Waals surface area contributed by atoms with E-state index in [9.17, 15) is 19.5 Å². The highest BCUT2D eigenvalue weighted by molar-refractivity contribution is 5.93. The molecular formula is C26H18O8. The molecule has 0 saturated heterocycles. The molecule has 0 aliphatic carbocycles. The van der Waals surface area contributed by atoms with Gasteiger partial charge in [0.05, 0.1) is 6.42 Å². The molecule has 0 unspecified atom stereocenters. The number of fused-ring (bicyclic) bond motifs is 3. The first-order valence-corrected chi connectivity index (χ1v) is 10.5. The molecule has 0 radical (unpaired) electrons. The Morgan fingerprint density at radius 3 is 2.53 bits per heavy atom. The van der Waals surface area contributed by atoms with Gasteiger partial charge in [-0.1, -0.05) is 48.5 Å². The number of aromatic hydroxyl groups is 1. The summed E-state index contributed by atoms with van der Waals surface area (Å²) in [6.45, 7) is -0.565. The number of carboxylic acid groups (broad SMARTS) is 1. The number of rotatable bonds is 5. The predicted octanol–water partition coefficient (Wildman–Crippen LogP) is 4.07. The summed E-state index contributed by atoms with van der Waals surface area (Å²) in [5.74, 6) is -2.11. The lowest BCUT2D eigenvalue weighted by molar-refractivity contribution is -0.139. The van der Waals surface area contributed by atoms with E-state index in [4.69, 9.17) is 19.0 Å². The molecule has 0 saturated carbocycles. The number of hydrogen-bond donors (Lipinski definition) is 2. The number of ether oxygens (including phenoxy) is 2. The number of phenols is 1. The van der Waals surface area contributed by atoms with Gasteiger partial charge in [0.25, 0.3) is 0 Å². The lowest BCUT2D eigenvalue weighted by atomic mass is 9.84. The second-order valence-corrected chi connectivity index (χ2v) is 7.80. The zero-order chi connectivity index (χ0) is 23.8. The highest BCUT2D eigenvalue weighted by Gasteiger charge is 2.35.